The Morgan fingerprint density at radius 1 is 1.24 bits per heavy atom. The van der Waals surface area contributed by atoms with Gasteiger partial charge < -0.3 is 5.32 Å². The molecule has 0 aromatic heterocycles. The molecule has 21 heavy (non-hydrogen) atoms. The van der Waals surface area contributed by atoms with E-state index in [0.717, 1.165) is 12.5 Å². The zero-order chi connectivity index (χ0) is 15.4. The lowest BCUT2D eigenvalue weighted by atomic mass is 9.89. The number of nitrogens with zero attached hydrogens (tertiary/aromatic N) is 1. The average molecular weight is 288 g/mol. The standard InChI is InChI=1S/C19H32N2/c1-6-20-19(18-9-7-14(2)8-10-18)17(5)21-12-11-15(3)13-16(21)4/h7-10,15-17,19-20H,6,11-13H2,1-5H3. The summed E-state index contributed by atoms with van der Waals surface area (Å²) < 4.78 is 0. The number of hydrogen-bond donors (Lipinski definition) is 1. The molecular formula is C19H32N2. The van der Waals surface area contributed by atoms with E-state index >= 15 is 0 Å². The number of rotatable bonds is 5. The molecule has 1 aromatic rings. The highest BCUT2D eigenvalue weighted by Gasteiger charge is 2.31. The molecular weight excluding hydrogens is 256 g/mol. The molecule has 4 unspecified atom stereocenters. The highest BCUT2D eigenvalue weighted by molar-refractivity contribution is 5.25. The van der Waals surface area contributed by atoms with Crippen molar-refractivity contribution in [2.24, 2.45) is 5.92 Å². The minimum atomic E-state index is 0.423. The Bertz CT molecular complexity index is 426. The first-order chi connectivity index (χ1) is 10.0. The lowest BCUT2D eigenvalue weighted by Gasteiger charge is -2.43. The molecule has 4 atom stereocenters. The van der Waals surface area contributed by atoms with E-state index in [2.05, 4.69) is 69.1 Å². The summed E-state index contributed by atoms with van der Waals surface area (Å²) in [5.74, 6) is 0.875. The summed E-state index contributed by atoms with van der Waals surface area (Å²) in [6, 6.07) is 10.7. The fraction of sp³-hybridized carbons (Fsp3) is 0.684. The average Bonchev–Trinajstić information content (AvgIpc) is 2.45. The molecule has 0 amide bonds. The molecule has 1 aliphatic heterocycles. The van der Waals surface area contributed by atoms with Gasteiger partial charge in [0.1, 0.15) is 0 Å². The smallest absolute Gasteiger partial charge is 0.0475 e. The van der Waals surface area contributed by atoms with Crippen molar-refractivity contribution in [1.82, 2.24) is 10.2 Å². The van der Waals surface area contributed by atoms with E-state index in [4.69, 9.17) is 0 Å². The molecule has 1 aromatic carbocycles. The van der Waals surface area contributed by atoms with E-state index < -0.39 is 0 Å². The minimum absolute atomic E-state index is 0.423. The van der Waals surface area contributed by atoms with Crippen LogP contribution in [0.4, 0.5) is 0 Å². The number of hydrogen-bond acceptors (Lipinski definition) is 2. The second-order valence-electron chi connectivity index (χ2n) is 6.90. The number of aryl methyl sites for hydroxylation is 1. The summed E-state index contributed by atoms with van der Waals surface area (Å²) in [6.45, 7) is 13.8. The highest BCUT2D eigenvalue weighted by Crippen LogP contribution is 2.29. The van der Waals surface area contributed by atoms with Crippen LogP contribution in [-0.4, -0.2) is 30.1 Å². The normalized spacial score (nSPS) is 26.5. The molecule has 1 aliphatic rings. The first-order valence-corrected chi connectivity index (χ1v) is 8.58. The van der Waals surface area contributed by atoms with E-state index in [9.17, 15) is 0 Å². The van der Waals surface area contributed by atoms with Gasteiger partial charge in [-0.25, -0.2) is 0 Å². The zero-order valence-corrected chi connectivity index (χ0v) is 14.4. The molecule has 2 rings (SSSR count). The van der Waals surface area contributed by atoms with Crippen LogP contribution in [0, 0.1) is 12.8 Å². The van der Waals surface area contributed by atoms with E-state index in [0.29, 0.717) is 18.1 Å². The second-order valence-corrected chi connectivity index (χ2v) is 6.90. The monoisotopic (exact) mass is 288 g/mol. The lowest BCUT2D eigenvalue weighted by molar-refractivity contribution is 0.0702. The van der Waals surface area contributed by atoms with Crippen LogP contribution in [0.2, 0.25) is 0 Å². The van der Waals surface area contributed by atoms with E-state index in [1.807, 2.05) is 0 Å². The fourth-order valence-electron chi connectivity index (χ4n) is 3.78. The van der Waals surface area contributed by atoms with Gasteiger partial charge in [0, 0.05) is 18.1 Å². The second kappa shape index (κ2) is 7.42. The lowest BCUT2D eigenvalue weighted by Crippen LogP contribution is -2.50. The molecule has 0 aliphatic carbocycles. The maximum absolute atomic E-state index is 3.71. The SMILES string of the molecule is CCNC(c1ccc(C)cc1)C(C)N1CCC(C)CC1C. The molecule has 0 radical (unpaired) electrons. The summed E-state index contributed by atoms with van der Waals surface area (Å²) in [5.41, 5.74) is 2.75. The molecule has 1 N–H and O–H groups in total. The molecule has 1 saturated heterocycles. The van der Waals surface area contributed by atoms with Gasteiger partial charge in [0.15, 0.2) is 0 Å². The van der Waals surface area contributed by atoms with Gasteiger partial charge in [0.25, 0.3) is 0 Å². The van der Waals surface area contributed by atoms with E-state index in [1.54, 1.807) is 0 Å². The van der Waals surface area contributed by atoms with Crippen molar-refractivity contribution in [3.05, 3.63) is 35.4 Å². The number of likely N-dealkylation sites (N-methyl/N-ethyl adjacent to an activating group) is 1. The van der Waals surface area contributed by atoms with Gasteiger partial charge in [0.05, 0.1) is 0 Å². The summed E-state index contributed by atoms with van der Waals surface area (Å²) >= 11 is 0. The molecule has 0 spiro atoms. The predicted octanol–water partition coefficient (Wildman–Crippen LogP) is 4.15. The van der Waals surface area contributed by atoms with Crippen LogP contribution in [0.5, 0.6) is 0 Å². The molecule has 2 heteroatoms. The first kappa shape index (κ1) is 16.5. The van der Waals surface area contributed by atoms with Gasteiger partial charge >= 0.3 is 0 Å². The van der Waals surface area contributed by atoms with Gasteiger partial charge in [-0.15, -0.1) is 0 Å². The molecule has 0 bridgehead atoms. The third-order valence-electron chi connectivity index (χ3n) is 5.06. The maximum atomic E-state index is 3.71. The number of piperidine rings is 1. The van der Waals surface area contributed by atoms with Crippen molar-refractivity contribution in [2.45, 2.75) is 65.6 Å². The van der Waals surface area contributed by atoms with Crippen LogP contribution in [0.15, 0.2) is 24.3 Å². The largest absolute Gasteiger partial charge is 0.309 e. The van der Waals surface area contributed by atoms with Gasteiger partial charge in [-0.3, -0.25) is 4.90 Å². The highest BCUT2D eigenvalue weighted by atomic mass is 15.2. The number of nitrogens with one attached hydrogen (secondary N) is 1. The van der Waals surface area contributed by atoms with Gasteiger partial charge in [-0.05, 0) is 58.2 Å². The van der Waals surface area contributed by atoms with Crippen LogP contribution >= 0.6 is 0 Å². The molecule has 118 valence electrons. The molecule has 1 heterocycles. The predicted molar refractivity (Wildman–Crippen MR) is 91.6 cm³/mol. The number of benzene rings is 1. The van der Waals surface area contributed by atoms with Crippen LogP contribution in [0.25, 0.3) is 0 Å². The summed E-state index contributed by atoms with van der Waals surface area (Å²) in [4.78, 5) is 2.70. The van der Waals surface area contributed by atoms with Crippen molar-refractivity contribution in [3.8, 4) is 0 Å². The molecule has 2 nitrogen and oxygen atoms in total. The summed E-state index contributed by atoms with van der Waals surface area (Å²) in [5, 5.41) is 3.71. The minimum Gasteiger partial charge on any atom is -0.309 e. The van der Waals surface area contributed by atoms with Crippen LogP contribution < -0.4 is 5.32 Å². The maximum Gasteiger partial charge on any atom is 0.0475 e. The Kier molecular flexibility index (Phi) is 5.83. The molecule has 0 saturated carbocycles. The summed E-state index contributed by atoms with van der Waals surface area (Å²) in [7, 11) is 0. The Morgan fingerprint density at radius 2 is 1.90 bits per heavy atom. The number of likely N-dealkylation sites (tertiary alicyclic amines) is 1. The first-order valence-electron chi connectivity index (χ1n) is 8.58. The van der Waals surface area contributed by atoms with E-state index in [1.165, 1.54) is 30.5 Å². The zero-order valence-electron chi connectivity index (χ0n) is 14.4. The quantitative estimate of drug-likeness (QED) is 0.875. The van der Waals surface area contributed by atoms with Crippen LogP contribution in [0.3, 0.4) is 0 Å². The Hall–Kier alpha value is -0.860. The van der Waals surface area contributed by atoms with Gasteiger partial charge in [-0.1, -0.05) is 43.7 Å². The summed E-state index contributed by atoms with van der Waals surface area (Å²) in [6.07, 6.45) is 2.67. The van der Waals surface area contributed by atoms with Crippen molar-refractivity contribution in [2.75, 3.05) is 13.1 Å². The van der Waals surface area contributed by atoms with Crippen molar-refractivity contribution >= 4 is 0 Å². The Balaban J connectivity index is 2.15. The van der Waals surface area contributed by atoms with Crippen LogP contribution in [-0.2, 0) is 0 Å². The van der Waals surface area contributed by atoms with Crippen LogP contribution in [0.1, 0.15) is 57.7 Å². The molecule has 1 fully saturated rings. The van der Waals surface area contributed by atoms with Gasteiger partial charge in [0.2, 0.25) is 0 Å². The van der Waals surface area contributed by atoms with Crippen molar-refractivity contribution in [1.29, 1.82) is 0 Å². The Morgan fingerprint density at radius 3 is 2.48 bits per heavy atom. The Labute approximate surface area is 130 Å². The van der Waals surface area contributed by atoms with Crippen molar-refractivity contribution in [3.63, 3.8) is 0 Å². The van der Waals surface area contributed by atoms with Gasteiger partial charge in [-0.2, -0.15) is 0 Å². The third kappa shape index (κ3) is 4.08. The topological polar surface area (TPSA) is 15.3 Å². The van der Waals surface area contributed by atoms with Crippen molar-refractivity contribution < 1.29 is 0 Å². The van der Waals surface area contributed by atoms with E-state index in [-0.39, 0.29) is 0 Å². The fourth-order valence-corrected chi connectivity index (χ4v) is 3.78. The third-order valence-corrected chi connectivity index (χ3v) is 5.06.